The molecule has 1 fully saturated rings. The van der Waals surface area contributed by atoms with E-state index in [4.69, 9.17) is 5.26 Å². The molecule has 0 unspecified atom stereocenters. The van der Waals surface area contributed by atoms with E-state index >= 15 is 0 Å². The van der Waals surface area contributed by atoms with Crippen molar-refractivity contribution in [3.8, 4) is 6.07 Å². The summed E-state index contributed by atoms with van der Waals surface area (Å²) in [5.74, 6) is -0.360. The molecule has 29 heavy (non-hydrogen) atoms. The van der Waals surface area contributed by atoms with Gasteiger partial charge in [-0.2, -0.15) is 9.57 Å². The Labute approximate surface area is 168 Å². The molecule has 1 aliphatic rings. The van der Waals surface area contributed by atoms with Crippen molar-refractivity contribution in [2.45, 2.75) is 11.8 Å². The fourth-order valence-electron chi connectivity index (χ4n) is 3.21. The van der Waals surface area contributed by atoms with Gasteiger partial charge in [-0.05, 0) is 37.3 Å². The summed E-state index contributed by atoms with van der Waals surface area (Å²) in [6.07, 6.45) is 0. The van der Waals surface area contributed by atoms with Crippen molar-refractivity contribution in [3.63, 3.8) is 0 Å². The average molecular weight is 414 g/mol. The van der Waals surface area contributed by atoms with Gasteiger partial charge < -0.3 is 4.90 Å². The maximum Gasteiger partial charge on any atom is 0.273 e. The molecule has 10 heteroatoms. The standard InChI is InChI=1S/C19H18N4O5S/c1-14-17(3-2-4-18(14)23(25)26)19(24)21-9-11-22(12-10-21)29(27,28)16-7-5-15(13-20)6-8-16/h2-8H,9-12H2,1H3. The Hall–Kier alpha value is -3.29. The number of hydrogen-bond acceptors (Lipinski definition) is 6. The third-order valence-electron chi connectivity index (χ3n) is 4.88. The molecule has 0 N–H and O–H groups in total. The van der Waals surface area contributed by atoms with Crippen LogP contribution in [0.25, 0.3) is 0 Å². The normalized spacial score (nSPS) is 15.0. The summed E-state index contributed by atoms with van der Waals surface area (Å²) in [7, 11) is -3.73. The van der Waals surface area contributed by atoms with Gasteiger partial charge in [0.15, 0.2) is 0 Å². The molecule has 150 valence electrons. The molecular formula is C19H18N4O5S. The maximum absolute atomic E-state index is 12.8. The van der Waals surface area contributed by atoms with Gasteiger partial charge in [0.05, 0.1) is 21.5 Å². The van der Waals surface area contributed by atoms with Gasteiger partial charge in [0.1, 0.15) is 0 Å². The van der Waals surface area contributed by atoms with Crippen LogP contribution in [0.3, 0.4) is 0 Å². The van der Waals surface area contributed by atoms with E-state index in [0.29, 0.717) is 5.56 Å². The fourth-order valence-corrected chi connectivity index (χ4v) is 4.63. The Bertz CT molecular complexity index is 1100. The molecule has 0 aromatic heterocycles. The molecule has 1 aliphatic heterocycles. The van der Waals surface area contributed by atoms with E-state index in [1.54, 1.807) is 0 Å². The van der Waals surface area contributed by atoms with E-state index in [1.165, 1.54) is 58.6 Å². The maximum atomic E-state index is 12.8. The topological polar surface area (TPSA) is 125 Å². The molecular weight excluding hydrogens is 396 g/mol. The predicted octanol–water partition coefficient (Wildman–Crippen LogP) is 1.92. The molecule has 2 aromatic carbocycles. The summed E-state index contributed by atoms with van der Waals surface area (Å²) in [6.45, 7) is 2.11. The number of amides is 1. The molecule has 1 heterocycles. The van der Waals surface area contributed by atoms with Crippen LogP contribution in [0.4, 0.5) is 5.69 Å². The summed E-state index contributed by atoms with van der Waals surface area (Å²) in [6, 6.07) is 11.9. The zero-order valence-electron chi connectivity index (χ0n) is 15.6. The molecule has 0 atom stereocenters. The molecule has 2 aromatic rings. The van der Waals surface area contributed by atoms with Crippen molar-refractivity contribution in [1.29, 1.82) is 5.26 Å². The summed E-state index contributed by atoms with van der Waals surface area (Å²) in [5, 5.41) is 19.9. The highest BCUT2D eigenvalue weighted by Crippen LogP contribution is 2.24. The Kier molecular flexibility index (Phi) is 5.63. The SMILES string of the molecule is Cc1c(C(=O)N2CCN(S(=O)(=O)c3ccc(C#N)cc3)CC2)cccc1[N+](=O)[O-]. The van der Waals surface area contributed by atoms with Gasteiger partial charge in [0, 0.05) is 43.4 Å². The van der Waals surface area contributed by atoms with Crippen molar-refractivity contribution < 1.29 is 18.1 Å². The third kappa shape index (κ3) is 3.96. The lowest BCUT2D eigenvalue weighted by molar-refractivity contribution is -0.385. The highest BCUT2D eigenvalue weighted by molar-refractivity contribution is 7.89. The first-order valence-corrected chi connectivity index (χ1v) is 10.2. The minimum absolute atomic E-state index is 0.0887. The highest BCUT2D eigenvalue weighted by Gasteiger charge is 2.31. The van der Waals surface area contributed by atoms with Gasteiger partial charge in [-0.1, -0.05) is 6.07 Å². The summed E-state index contributed by atoms with van der Waals surface area (Å²) < 4.78 is 26.8. The summed E-state index contributed by atoms with van der Waals surface area (Å²) in [4.78, 5) is 24.9. The zero-order valence-corrected chi connectivity index (χ0v) is 16.4. The number of rotatable bonds is 4. The second-order valence-electron chi connectivity index (χ2n) is 6.54. The van der Waals surface area contributed by atoms with Gasteiger partial charge in [0.25, 0.3) is 11.6 Å². The third-order valence-corrected chi connectivity index (χ3v) is 6.79. The Morgan fingerprint density at radius 3 is 2.28 bits per heavy atom. The van der Waals surface area contributed by atoms with Crippen LogP contribution in [0, 0.1) is 28.4 Å². The fraction of sp³-hybridized carbons (Fsp3) is 0.263. The van der Waals surface area contributed by atoms with Crippen LogP contribution < -0.4 is 0 Å². The predicted molar refractivity (Wildman–Crippen MR) is 104 cm³/mol. The first kappa shape index (κ1) is 20.4. The zero-order chi connectivity index (χ0) is 21.2. The van der Waals surface area contributed by atoms with Crippen LogP contribution in [0.1, 0.15) is 21.5 Å². The van der Waals surface area contributed by atoms with Crippen molar-refractivity contribution in [2.24, 2.45) is 0 Å². The number of nitriles is 1. The number of nitro groups is 1. The minimum Gasteiger partial charge on any atom is -0.336 e. The lowest BCUT2D eigenvalue weighted by Gasteiger charge is -2.34. The number of nitrogens with zero attached hydrogens (tertiary/aromatic N) is 4. The first-order chi connectivity index (χ1) is 13.8. The van der Waals surface area contributed by atoms with Crippen LogP contribution in [0.2, 0.25) is 0 Å². The van der Waals surface area contributed by atoms with Gasteiger partial charge in [-0.3, -0.25) is 14.9 Å². The molecule has 0 aliphatic carbocycles. The highest BCUT2D eigenvalue weighted by atomic mass is 32.2. The van der Waals surface area contributed by atoms with Gasteiger partial charge in [-0.25, -0.2) is 8.42 Å². The van der Waals surface area contributed by atoms with Gasteiger partial charge >= 0.3 is 0 Å². The largest absolute Gasteiger partial charge is 0.336 e. The summed E-state index contributed by atoms with van der Waals surface area (Å²) in [5.41, 5.74) is 0.766. The van der Waals surface area contributed by atoms with E-state index < -0.39 is 14.9 Å². The van der Waals surface area contributed by atoms with E-state index in [2.05, 4.69) is 0 Å². The van der Waals surface area contributed by atoms with E-state index in [0.717, 1.165) is 0 Å². The molecule has 9 nitrogen and oxygen atoms in total. The van der Waals surface area contributed by atoms with Gasteiger partial charge in [-0.15, -0.1) is 0 Å². The number of carbonyl (C=O) groups excluding carboxylic acids is 1. The lowest BCUT2D eigenvalue weighted by atomic mass is 10.1. The molecule has 0 bridgehead atoms. The van der Waals surface area contributed by atoms with E-state index in [9.17, 15) is 23.3 Å². The Balaban J connectivity index is 1.73. The van der Waals surface area contributed by atoms with Crippen LogP contribution in [0.15, 0.2) is 47.4 Å². The minimum atomic E-state index is -3.73. The van der Waals surface area contributed by atoms with Crippen LogP contribution >= 0.6 is 0 Å². The first-order valence-electron chi connectivity index (χ1n) is 8.79. The Morgan fingerprint density at radius 2 is 1.72 bits per heavy atom. The van der Waals surface area contributed by atoms with Gasteiger partial charge in [0.2, 0.25) is 10.0 Å². The van der Waals surface area contributed by atoms with Crippen LogP contribution in [0.5, 0.6) is 0 Å². The average Bonchev–Trinajstić information content (AvgIpc) is 2.73. The molecule has 0 spiro atoms. The van der Waals surface area contributed by atoms with Crippen molar-refractivity contribution in [2.75, 3.05) is 26.2 Å². The number of benzene rings is 2. The molecule has 1 amide bonds. The Morgan fingerprint density at radius 1 is 1.10 bits per heavy atom. The quantitative estimate of drug-likeness (QED) is 0.556. The van der Waals surface area contributed by atoms with Crippen molar-refractivity contribution in [1.82, 2.24) is 9.21 Å². The molecule has 3 rings (SSSR count). The molecule has 0 saturated carbocycles. The monoisotopic (exact) mass is 414 g/mol. The number of nitro benzene ring substituents is 1. The second kappa shape index (κ2) is 7.98. The van der Waals surface area contributed by atoms with Crippen LogP contribution in [-0.4, -0.2) is 54.6 Å². The summed E-state index contributed by atoms with van der Waals surface area (Å²) >= 11 is 0. The van der Waals surface area contributed by atoms with E-state index in [-0.39, 0.29) is 53.8 Å². The second-order valence-corrected chi connectivity index (χ2v) is 8.48. The van der Waals surface area contributed by atoms with Crippen molar-refractivity contribution in [3.05, 3.63) is 69.3 Å². The number of piperazine rings is 1. The molecule has 1 saturated heterocycles. The lowest BCUT2D eigenvalue weighted by Crippen LogP contribution is -2.50. The molecule has 0 radical (unpaired) electrons. The van der Waals surface area contributed by atoms with Crippen molar-refractivity contribution >= 4 is 21.6 Å². The van der Waals surface area contributed by atoms with Crippen LogP contribution in [-0.2, 0) is 10.0 Å². The number of hydrogen-bond donors (Lipinski definition) is 0. The number of sulfonamides is 1. The smallest absolute Gasteiger partial charge is 0.273 e. The number of carbonyl (C=O) groups is 1. The van der Waals surface area contributed by atoms with E-state index in [1.807, 2.05) is 6.07 Å².